The van der Waals surface area contributed by atoms with Crippen LogP contribution in [-0.2, 0) is 0 Å². The molecule has 0 saturated heterocycles. The van der Waals surface area contributed by atoms with Gasteiger partial charge in [0.25, 0.3) is 0 Å². The van der Waals surface area contributed by atoms with E-state index in [9.17, 15) is 4.79 Å². The van der Waals surface area contributed by atoms with E-state index >= 15 is 0 Å². The van der Waals surface area contributed by atoms with Crippen LogP contribution in [0, 0.1) is 6.92 Å². The molecule has 3 radical (unpaired) electrons. The van der Waals surface area contributed by atoms with Crippen molar-refractivity contribution < 1.29 is 9.90 Å². The monoisotopic (exact) mass is 209 g/mol. The zero-order valence-electron chi connectivity index (χ0n) is 6.09. The molecular weight excluding hydrogens is 201 g/mol. The Hall–Kier alpha value is -0.767. The van der Waals surface area contributed by atoms with Gasteiger partial charge in [0.05, 0.1) is 0 Å². The van der Waals surface area contributed by atoms with Gasteiger partial charge in [-0.3, -0.25) is 0 Å². The first-order chi connectivity index (χ1) is 5.13. The van der Waals surface area contributed by atoms with Crippen LogP contribution in [0.5, 0.6) is 0 Å². The Morgan fingerprint density at radius 1 is 1.55 bits per heavy atom. The summed E-state index contributed by atoms with van der Waals surface area (Å²) in [6.45, 7) is 1.82. The SMILES string of the molecule is Cc1[c]([Ge])cccc1C(=O)O. The number of rotatable bonds is 1. The Labute approximate surface area is 73.5 Å². The van der Waals surface area contributed by atoms with Crippen molar-refractivity contribution in [3.8, 4) is 0 Å². The molecule has 1 aromatic rings. The zero-order chi connectivity index (χ0) is 8.43. The van der Waals surface area contributed by atoms with Crippen LogP contribution in [0.2, 0.25) is 0 Å². The van der Waals surface area contributed by atoms with Crippen molar-refractivity contribution in [3.05, 3.63) is 29.3 Å². The van der Waals surface area contributed by atoms with Crippen LogP contribution in [0.15, 0.2) is 18.2 Å². The molecule has 0 aliphatic rings. The third kappa shape index (κ3) is 1.63. The van der Waals surface area contributed by atoms with Crippen LogP contribution in [0.1, 0.15) is 15.9 Å². The summed E-state index contributed by atoms with van der Waals surface area (Å²) in [5.41, 5.74) is 1.24. The van der Waals surface area contributed by atoms with Gasteiger partial charge in [0.15, 0.2) is 0 Å². The quantitative estimate of drug-likeness (QED) is 0.681. The first kappa shape index (κ1) is 8.33. The second-order valence-electron chi connectivity index (χ2n) is 2.28. The Balaban J connectivity index is 3.27. The minimum absolute atomic E-state index is 0.394. The van der Waals surface area contributed by atoms with Crippen LogP contribution >= 0.6 is 0 Å². The number of carboxylic acids is 1. The molecule has 1 aromatic carbocycles. The van der Waals surface area contributed by atoms with E-state index in [1.54, 1.807) is 12.1 Å². The second-order valence-corrected chi connectivity index (χ2v) is 3.41. The predicted octanol–water partition coefficient (Wildman–Crippen LogP) is 0.487. The maximum absolute atomic E-state index is 10.6. The van der Waals surface area contributed by atoms with Gasteiger partial charge in [0, 0.05) is 0 Å². The maximum atomic E-state index is 10.6. The van der Waals surface area contributed by atoms with Crippen LogP contribution in [0.4, 0.5) is 0 Å². The molecule has 0 saturated carbocycles. The van der Waals surface area contributed by atoms with Gasteiger partial charge in [-0.1, -0.05) is 0 Å². The van der Waals surface area contributed by atoms with Crippen molar-refractivity contribution in [1.82, 2.24) is 0 Å². The van der Waals surface area contributed by atoms with Crippen molar-refractivity contribution in [3.63, 3.8) is 0 Å². The number of hydrogen-bond donors (Lipinski definition) is 1. The molecule has 0 spiro atoms. The van der Waals surface area contributed by atoms with E-state index in [1.165, 1.54) is 0 Å². The number of carboxylic acid groups (broad SMARTS) is 1. The first-order valence-electron chi connectivity index (χ1n) is 3.17. The molecule has 0 unspecified atom stereocenters. The molecular formula is C8H7GeO2. The van der Waals surface area contributed by atoms with Gasteiger partial charge in [-0.25, -0.2) is 0 Å². The molecule has 3 heteroatoms. The number of hydrogen-bond acceptors (Lipinski definition) is 1. The number of benzene rings is 1. The first-order valence-corrected chi connectivity index (χ1v) is 4.22. The Bertz CT molecular complexity index is 294. The van der Waals surface area contributed by atoms with E-state index in [4.69, 9.17) is 5.11 Å². The fraction of sp³-hybridized carbons (Fsp3) is 0.125. The standard InChI is InChI=1S/C8H7GeO2/c1-5-6(8(10)11)3-2-4-7(5)9/h2-4H,1H3,(H,10,11). The molecule has 0 heterocycles. The molecule has 0 bridgehead atoms. The summed E-state index contributed by atoms with van der Waals surface area (Å²) in [4.78, 5) is 10.6. The van der Waals surface area contributed by atoms with E-state index in [0.717, 1.165) is 9.96 Å². The molecule has 0 amide bonds. The third-order valence-electron chi connectivity index (χ3n) is 1.56. The van der Waals surface area contributed by atoms with Crippen LogP contribution in [-0.4, -0.2) is 27.6 Å². The van der Waals surface area contributed by atoms with Crippen molar-refractivity contribution in [1.29, 1.82) is 0 Å². The van der Waals surface area contributed by atoms with Crippen LogP contribution in [0.25, 0.3) is 0 Å². The summed E-state index contributed by atoms with van der Waals surface area (Å²) in [6.07, 6.45) is 0. The fourth-order valence-corrected chi connectivity index (χ4v) is 1.35. The van der Waals surface area contributed by atoms with E-state index in [1.807, 2.05) is 29.5 Å². The van der Waals surface area contributed by atoms with Crippen molar-refractivity contribution in [2.75, 3.05) is 0 Å². The molecule has 11 heavy (non-hydrogen) atoms. The van der Waals surface area contributed by atoms with Crippen LogP contribution in [0.3, 0.4) is 0 Å². The Morgan fingerprint density at radius 3 is 2.64 bits per heavy atom. The average Bonchev–Trinajstić information content (AvgIpc) is 1.94. The minimum atomic E-state index is -0.855. The third-order valence-corrected chi connectivity index (χ3v) is 2.70. The summed E-state index contributed by atoms with van der Waals surface area (Å²) in [6, 6.07) is 5.28. The topological polar surface area (TPSA) is 37.3 Å². The second kappa shape index (κ2) is 3.09. The summed E-state index contributed by atoms with van der Waals surface area (Å²) >= 11 is 1.90. The molecule has 0 fully saturated rings. The van der Waals surface area contributed by atoms with Gasteiger partial charge in [0.1, 0.15) is 0 Å². The molecule has 0 aromatic heterocycles. The summed E-state index contributed by atoms with van der Waals surface area (Å²) in [7, 11) is 0. The molecule has 0 atom stereocenters. The van der Waals surface area contributed by atoms with Crippen molar-refractivity contribution in [2.45, 2.75) is 6.92 Å². The van der Waals surface area contributed by atoms with Crippen molar-refractivity contribution in [2.24, 2.45) is 0 Å². The predicted molar refractivity (Wildman–Crippen MR) is 43.5 cm³/mol. The fourth-order valence-electron chi connectivity index (χ4n) is 0.867. The number of carbonyl (C=O) groups is 1. The summed E-state index contributed by atoms with van der Waals surface area (Å²) in [5.74, 6) is -0.855. The van der Waals surface area contributed by atoms with Crippen LogP contribution < -0.4 is 4.40 Å². The number of aromatic carboxylic acids is 1. The molecule has 1 rings (SSSR count). The molecule has 55 valence electrons. The molecule has 0 aliphatic carbocycles. The van der Waals surface area contributed by atoms with Gasteiger partial charge < -0.3 is 0 Å². The molecule has 0 aliphatic heterocycles. The van der Waals surface area contributed by atoms with Gasteiger partial charge in [-0.05, 0) is 0 Å². The van der Waals surface area contributed by atoms with Crippen molar-refractivity contribution >= 4 is 26.9 Å². The molecule has 1 N–H and O–H groups in total. The Kier molecular flexibility index (Phi) is 2.34. The average molecular weight is 208 g/mol. The Morgan fingerprint density at radius 2 is 2.18 bits per heavy atom. The summed E-state index contributed by atoms with van der Waals surface area (Å²) < 4.78 is 1.02. The van der Waals surface area contributed by atoms with E-state index < -0.39 is 5.97 Å². The van der Waals surface area contributed by atoms with Gasteiger partial charge in [-0.15, -0.1) is 0 Å². The molecule has 2 nitrogen and oxygen atoms in total. The van der Waals surface area contributed by atoms with E-state index in [-0.39, 0.29) is 0 Å². The van der Waals surface area contributed by atoms with Gasteiger partial charge in [-0.2, -0.15) is 0 Å². The van der Waals surface area contributed by atoms with Gasteiger partial charge >= 0.3 is 73.0 Å². The zero-order valence-corrected chi connectivity index (χ0v) is 8.19. The van der Waals surface area contributed by atoms with E-state index in [0.29, 0.717) is 5.56 Å². The summed E-state index contributed by atoms with van der Waals surface area (Å²) in [5, 5.41) is 8.69. The van der Waals surface area contributed by atoms with E-state index in [2.05, 4.69) is 0 Å². The normalized spacial score (nSPS) is 9.64. The van der Waals surface area contributed by atoms with Gasteiger partial charge in [0.2, 0.25) is 0 Å².